The Morgan fingerprint density at radius 2 is 2.38 bits per heavy atom. The quantitative estimate of drug-likeness (QED) is 0.813. The number of nitrogens with zero attached hydrogens (tertiary/aromatic N) is 1. The van der Waals surface area contributed by atoms with Crippen molar-refractivity contribution >= 4 is 27.3 Å². The SMILES string of the molecule is CS(=O)(=O)N=c1[nH]c(C(OC2CCCCO2)C(=O)O)cs1. The van der Waals surface area contributed by atoms with Crippen molar-refractivity contribution in [2.24, 2.45) is 4.40 Å². The summed E-state index contributed by atoms with van der Waals surface area (Å²) in [7, 11) is -3.55. The van der Waals surface area contributed by atoms with Crippen LogP contribution in [0.15, 0.2) is 9.78 Å². The fourth-order valence-corrected chi connectivity index (χ4v) is 3.38. The molecule has 2 N–H and O–H groups in total. The Morgan fingerprint density at radius 3 is 2.95 bits per heavy atom. The van der Waals surface area contributed by atoms with E-state index in [1.54, 1.807) is 0 Å². The van der Waals surface area contributed by atoms with Crippen LogP contribution >= 0.6 is 11.3 Å². The van der Waals surface area contributed by atoms with Gasteiger partial charge >= 0.3 is 5.97 Å². The average molecular weight is 336 g/mol. The molecule has 1 aromatic rings. The number of aromatic nitrogens is 1. The van der Waals surface area contributed by atoms with Crippen LogP contribution in [-0.4, -0.2) is 43.6 Å². The van der Waals surface area contributed by atoms with Gasteiger partial charge < -0.3 is 19.6 Å². The number of thiazole rings is 1. The van der Waals surface area contributed by atoms with Gasteiger partial charge in [-0.15, -0.1) is 15.7 Å². The summed E-state index contributed by atoms with van der Waals surface area (Å²) in [5.41, 5.74) is 0.240. The summed E-state index contributed by atoms with van der Waals surface area (Å²) in [6.45, 7) is 0.541. The Bertz CT molecular complexity index is 656. The number of H-pyrrole nitrogens is 1. The lowest BCUT2D eigenvalue weighted by atomic mass is 10.2. The molecule has 1 aromatic heterocycles. The Balaban J connectivity index is 2.18. The fourth-order valence-electron chi connectivity index (χ4n) is 1.86. The standard InChI is InChI=1S/C11H16N2O6S2/c1-21(16,17)13-11-12-7(6-20-11)9(10(14)15)19-8-4-2-3-5-18-8/h6,8-9H,2-5H2,1H3,(H,12,13)(H,14,15). The smallest absolute Gasteiger partial charge is 0.339 e. The monoisotopic (exact) mass is 336 g/mol. The molecule has 118 valence electrons. The van der Waals surface area contributed by atoms with E-state index in [0.29, 0.717) is 13.0 Å². The van der Waals surface area contributed by atoms with Crippen molar-refractivity contribution in [1.82, 2.24) is 4.98 Å². The summed E-state index contributed by atoms with van der Waals surface area (Å²) < 4.78 is 36.4. The van der Waals surface area contributed by atoms with E-state index in [-0.39, 0.29) is 10.5 Å². The zero-order valence-corrected chi connectivity index (χ0v) is 12.9. The predicted molar refractivity (Wildman–Crippen MR) is 74.1 cm³/mol. The molecule has 2 rings (SSSR count). The van der Waals surface area contributed by atoms with Crippen LogP contribution in [0, 0.1) is 0 Å². The van der Waals surface area contributed by atoms with Crippen LogP contribution in [0.4, 0.5) is 0 Å². The van der Waals surface area contributed by atoms with Gasteiger partial charge in [0.05, 0.1) is 11.9 Å². The molecule has 1 fully saturated rings. The molecule has 2 heterocycles. The van der Waals surface area contributed by atoms with Crippen molar-refractivity contribution < 1.29 is 27.8 Å². The molecule has 2 atom stereocenters. The number of aliphatic carboxylic acids is 1. The average Bonchev–Trinajstić information content (AvgIpc) is 2.82. The zero-order chi connectivity index (χ0) is 15.5. The van der Waals surface area contributed by atoms with Gasteiger partial charge in [-0.2, -0.15) is 0 Å². The second kappa shape index (κ2) is 6.69. The van der Waals surface area contributed by atoms with E-state index in [1.165, 1.54) is 5.38 Å². The highest BCUT2D eigenvalue weighted by atomic mass is 32.2. The fraction of sp³-hybridized carbons (Fsp3) is 0.636. The number of rotatable bonds is 5. The van der Waals surface area contributed by atoms with Gasteiger partial charge in [0.1, 0.15) is 0 Å². The molecule has 0 aliphatic carbocycles. The molecule has 10 heteroatoms. The van der Waals surface area contributed by atoms with Gasteiger partial charge in [0, 0.05) is 12.0 Å². The summed E-state index contributed by atoms with van der Waals surface area (Å²) in [6, 6.07) is 0. The second-order valence-corrected chi connectivity index (χ2v) is 7.10. The number of hydrogen-bond acceptors (Lipinski definition) is 6. The maximum absolute atomic E-state index is 11.3. The number of aromatic amines is 1. The normalized spacial score (nSPS) is 22.1. The molecule has 0 saturated carbocycles. The van der Waals surface area contributed by atoms with Gasteiger partial charge in [-0.1, -0.05) is 0 Å². The van der Waals surface area contributed by atoms with Gasteiger partial charge in [-0.3, -0.25) is 0 Å². The number of carbonyl (C=O) groups is 1. The maximum atomic E-state index is 11.3. The lowest BCUT2D eigenvalue weighted by Crippen LogP contribution is -2.28. The van der Waals surface area contributed by atoms with Crippen molar-refractivity contribution in [3.8, 4) is 0 Å². The van der Waals surface area contributed by atoms with E-state index in [2.05, 4.69) is 9.38 Å². The molecule has 1 aliphatic heterocycles. The van der Waals surface area contributed by atoms with Crippen LogP contribution in [0.5, 0.6) is 0 Å². The lowest BCUT2D eigenvalue weighted by Gasteiger charge is -2.25. The summed E-state index contributed by atoms with van der Waals surface area (Å²) in [5, 5.41) is 10.7. The maximum Gasteiger partial charge on any atom is 0.339 e. The zero-order valence-electron chi connectivity index (χ0n) is 11.3. The van der Waals surface area contributed by atoms with E-state index in [0.717, 1.165) is 30.4 Å². The van der Waals surface area contributed by atoms with Crippen molar-refractivity contribution in [3.05, 3.63) is 15.9 Å². The molecule has 0 bridgehead atoms. The van der Waals surface area contributed by atoms with Crippen LogP contribution in [-0.2, 0) is 24.3 Å². The third-order valence-electron chi connectivity index (χ3n) is 2.73. The summed E-state index contributed by atoms with van der Waals surface area (Å²) >= 11 is 0.999. The van der Waals surface area contributed by atoms with Crippen molar-refractivity contribution in [1.29, 1.82) is 0 Å². The minimum absolute atomic E-state index is 0.104. The van der Waals surface area contributed by atoms with E-state index in [4.69, 9.17) is 9.47 Å². The highest BCUT2D eigenvalue weighted by Gasteiger charge is 2.27. The van der Waals surface area contributed by atoms with E-state index >= 15 is 0 Å². The van der Waals surface area contributed by atoms with Crippen LogP contribution in [0.3, 0.4) is 0 Å². The molecule has 0 amide bonds. The van der Waals surface area contributed by atoms with E-state index in [9.17, 15) is 18.3 Å². The number of ether oxygens (including phenoxy) is 2. The van der Waals surface area contributed by atoms with E-state index in [1.807, 2.05) is 0 Å². The Labute approximate surface area is 125 Å². The van der Waals surface area contributed by atoms with Crippen molar-refractivity contribution in [3.63, 3.8) is 0 Å². The molecule has 1 aliphatic rings. The molecule has 21 heavy (non-hydrogen) atoms. The molecule has 2 unspecified atom stereocenters. The van der Waals surface area contributed by atoms with Gasteiger partial charge in [-0.05, 0) is 19.3 Å². The molecule has 0 spiro atoms. The number of sulfonamides is 1. The van der Waals surface area contributed by atoms with Crippen LogP contribution in [0.1, 0.15) is 31.1 Å². The number of carboxylic acid groups (broad SMARTS) is 1. The highest BCUT2D eigenvalue weighted by Crippen LogP contribution is 2.23. The number of hydrogen-bond donors (Lipinski definition) is 2. The Morgan fingerprint density at radius 1 is 1.62 bits per heavy atom. The molecular weight excluding hydrogens is 320 g/mol. The van der Waals surface area contributed by atoms with Crippen molar-refractivity contribution in [2.75, 3.05) is 12.9 Å². The Kier molecular flexibility index (Phi) is 5.14. The van der Waals surface area contributed by atoms with Gasteiger partial charge in [0.2, 0.25) is 0 Å². The predicted octanol–water partition coefficient (Wildman–Crippen LogP) is 0.605. The minimum Gasteiger partial charge on any atom is -0.479 e. The lowest BCUT2D eigenvalue weighted by molar-refractivity contribution is -0.202. The molecule has 1 saturated heterocycles. The molecular formula is C11H16N2O6S2. The Hall–Kier alpha value is -1.23. The van der Waals surface area contributed by atoms with Crippen molar-refractivity contribution in [2.45, 2.75) is 31.7 Å². The number of nitrogens with one attached hydrogen (secondary N) is 1. The first-order valence-corrected chi connectivity index (χ1v) is 9.01. The first-order valence-electron chi connectivity index (χ1n) is 6.29. The minimum atomic E-state index is -3.55. The third kappa shape index (κ3) is 4.92. The molecule has 8 nitrogen and oxygen atoms in total. The first kappa shape index (κ1) is 16.1. The van der Waals surface area contributed by atoms with Gasteiger partial charge in [0.25, 0.3) is 10.0 Å². The van der Waals surface area contributed by atoms with Crippen LogP contribution in [0.25, 0.3) is 0 Å². The van der Waals surface area contributed by atoms with Gasteiger partial charge in [-0.25, -0.2) is 13.2 Å². The third-order valence-corrected chi connectivity index (χ3v) is 4.15. The topological polar surface area (TPSA) is 118 Å². The number of carboxylic acids is 1. The summed E-state index contributed by atoms with van der Waals surface area (Å²) in [5.74, 6) is -1.18. The largest absolute Gasteiger partial charge is 0.479 e. The van der Waals surface area contributed by atoms with Crippen LogP contribution < -0.4 is 4.80 Å². The second-order valence-electron chi connectivity index (χ2n) is 4.60. The van der Waals surface area contributed by atoms with Gasteiger partial charge in [0.15, 0.2) is 17.2 Å². The highest BCUT2D eigenvalue weighted by molar-refractivity contribution is 7.89. The van der Waals surface area contributed by atoms with Crippen LogP contribution in [0.2, 0.25) is 0 Å². The summed E-state index contributed by atoms with van der Waals surface area (Å²) in [6.07, 6.45) is 1.63. The molecule has 0 radical (unpaired) electrons. The van der Waals surface area contributed by atoms with E-state index < -0.39 is 28.4 Å². The summed E-state index contributed by atoms with van der Waals surface area (Å²) in [4.78, 5) is 14.1. The first-order chi connectivity index (χ1) is 9.85. The molecule has 0 aromatic carbocycles.